The highest BCUT2D eigenvalue weighted by molar-refractivity contribution is 7.09. The third kappa shape index (κ3) is 3.67. The number of carbonyl (C=O) groups excluding carboxylic acids is 1. The minimum Gasteiger partial charge on any atom is -0.384 e. The molecular formula is C18H28N2O3S. The van der Waals surface area contributed by atoms with Gasteiger partial charge in [0, 0.05) is 44.1 Å². The maximum atomic E-state index is 12.8. The quantitative estimate of drug-likeness (QED) is 0.753. The fraction of sp³-hybridized carbons (Fsp3) is 0.722. The van der Waals surface area contributed by atoms with E-state index in [0.717, 1.165) is 39.0 Å². The van der Waals surface area contributed by atoms with E-state index in [9.17, 15) is 4.79 Å². The van der Waals surface area contributed by atoms with Crippen molar-refractivity contribution >= 4 is 17.2 Å². The van der Waals surface area contributed by atoms with Crippen LogP contribution in [-0.4, -0.2) is 69.3 Å². The predicted molar refractivity (Wildman–Crippen MR) is 95.1 cm³/mol. The van der Waals surface area contributed by atoms with Gasteiger partial charge in [-0.25, -0.2) is 0 Å². The zero-order valence-corrected chi connectivity index (χ0v) is 15.5. The van der Waals surface area contributed by atoms with Crippen molar-refractivity contribution in [2.75, 3.05) is 53.6 Å². The Morgan fingerprint density at radius 2 is 2.08 bits per heavy atom. The molecule has 0 radical (unpaired) electrons. The summed E-state index contributed by atoms with van der Waals surface area (Å²) in [5.41, 5.74) is 0.0762. The van der Waals surface area contributed by atoms with E-state index in [-0.39, 0.29) is 17.2 Å². The lowest BCUT2D eigenvalue weighted by atomic mass is 9.71. The summed E-state index contributed by atoms with van der Waals surface area (Å²) < 4.78 is 10.6. The second-order valence-electron chi connectivity index (χ2n) is 6.98. The Morgan fingerprint density at radius 3 is 2.71 bits per heavy atom. The average molecular weight is 353 g/mol. The molecule has 5 nitrogen and oxygen atoms in total. The van der Waals surface area contributed by atoms with E-state index in [1.165, 1.54) is 4.88 Å². The van der Waals surface area contributed by atoms with Crippen LogP contribution in [0.25, 0.3) is 0 Å². The van der Waals surface area contributed by atoms with Gasteiger partial charge in [-0.15, -0.1) is 11.3 Å². The molecule has 1 unspecified atom stereocenters. The highest BCUT2D eigenvalue weighted by atomic mass is 32.1. The molecule has 2 aliphatic heterocycles. The summed E-state index contributed by atoms with van der Waals surface area (Å²) in [7, 11) is 3.39. The summed E-state index contributed by atoms with van der Waals surface area (Å²) in [5, 5.41) is 2.14. The van der Waals surface area contributed by atoms with Crippen molar-refractivity contribution in [3.63, 3.8) is 0 Å². The fourth-order valence-electron chi connectivity index (χ4n) is 4.14. The number of thiophene rings is 1. The van der Waals surface area contributed by atoms with Crippen molar-refractivity contribution in [1.82, 2.24) is 9.80 Å². The first-order valence-corrected chi connectivity index (χ1v) is 9.58. The molecule has 2 aliphatic rings. The average Bonchev–Trinajstić information content (AvgIpc) is 3.18. The van der Waals surface area contributed by atoms with Gasteiger partial charge < -0.3 is 14.4 Å². The van der Waals surface area contributed by atoms with Crippen LogP contribution in [0, 0.1) is 11.3 Å². The van der Waals surface area contributed by atoms with E-state index < -0.39 is 0 Å². The molecule has 3 rings (SSSR count). The van der Waals surface area contributed by atoms with Gasteiger partial charge in [0.05, 0.1) is 19.1 Å². The number of rotatable bonds is 7. The normalized spacial score (nSPS) is 24.2. The predicted octanol–water partition coefficient (Wildman–Crippen LogP) is 2.08. The molecule has 24 heavy (non-hydrogen) atoms. The van der Waals surface area contributed by atoms with Gasteiger partial charge in [0.15, 0.2) is 0 Å². The lowest BCUT2D eigenvalue weighted by Crippen LogP contribution is -2.45. The van der Waals surface area contributed by atoms with Crippen molar-refractivity contribution in [2.45, 2.75) is 19.4 Å². The standard InChI is InChI=1S/C18H28N2O3S/c1-22-10-9-20-14-18(16(13-23-2)17(20)21)5-7-19(8-6-18)12-15-4-3-11-24-15/h3-4,11,16H,5-10,12-14H2,1-2H3. The minimum absolute atomic E-state index is 0.00300. The van der Waals surface area contributed by atoms with E-state index in [4.69, 9.17) is 9.47 Å². The minimum atomic E-state index is 0.00300. The summed E-state index contributed by atoms with van der Waals surface area (Å²) in [4.78, 5) is 18.7. The van der Waals surface area contributed by atoms with Crippen LogP contribution in [0.15, 0.2) is 17.5 Å². The van der Waals surface area contributed by atoms with Gasteiger partial charge in [-0.1, -0.05) is 6.07 Å². The van der Waals surface area contributed by atoms with Crippen LogP contribution in [0.3, 0.4) is 0 Å². The van der Waals surface area contributed by atoms with Crippen LogP contribution >= 0.6 is 11.3 Å². The largest absolute Gasteiger partial charge is 0.384 e. The van der Waals surface area contributed by atoms with Crippen LogP contribution in [0.2, 0.25) is 0 Å². The molecule has 2 fully saturated rings. The fourth-order valence-corrected chi connectivity index (χ4v) is 4.89. The van der Waals surface area contributed by atoms with Crippen molar-refractivity contribution < 1.29 is 14.3 Å². The molecule has 6 heteroatoms. The Bertz CT molecular complexity index is 526. The summed E-state index contributed by atoms with van der Waals surface area (Å²) >= 11 is 1.82. The number of hydrogen-bond acceptors (Lipinski definition) is 5. The molecule has 2 saturated heterocycles. The van der Waals surface area contributed by atoms with Crippen LogP contribution in [0.4, 0.5) is 0 Å². The number of hydrogen-bond donors (Lipinski definition) is 0. The molecule has 0 aromatic carbocycles. The molecular weight excluding hydrogens is 324 g/mol. The van der Waals surface area contributed by atoms with E-state index in [2.05, 4.69) is 22.4 Å². The number of ether oxygens (including phenoxy) is 2. The molecule has 1 aromatic heterocycles. The molecule has 0 N–H and O–H groups in total. The van der Waals surface area contributed by atoms with Gasteiger partial charge in [-0.2, -0.15) is 0 Å². The smallest absolute Gasteiger partial charge is 0.228 e. The summed E-state index contributed by atoms with van der Waals surface area (Å²) in [6, 6.07) is 4.32. The van der Waals surface area contributed by atoms with E-state index in [1.54, 1.807) is 14.2 Å². The van der Waals surface area contributed by atoms with Gasteiger partial charge in [-0.3, -0.25) is 9.69 Å². The third-order valence-corrected chi connectivity index (χ3v) is 6.43. The van der Waals surface area contributed by atoms with Crippen molar-refractivity contribution in [3.05, 3.63) is 22.4 Å². The Kier molecular flexibility index (Phi) is 5.92. The van der Waals surface area contributed by atoms with Crippen LogP contribution < -0.4 is 0 Å². The van der Waals surface area contributed by atoms with Crippen molar-refractivity contribution in [3.8, 4) is 0 Å². The van der Waals surface area contributed by atoms with Gasteiger partial charge in [0.1, 0.15) is 0 Å². The van der Waals surface area contributed by atoms with Crippen LogP contribution in [-0.2, 0) is 20.8 Å². The first-order valence-electron chi connectivity index (χ1n) is 8.70. The highest BCUT2D eigenvalue weighted by Crippen LogP contribution is 2.45. The van der Waals surface area contributed by atoms with Crippen molar-refractivity contribution in [1.29, 1.82) is 0 Å². The number of methoxy groups -OCH3 is 2. The van der Waals surface area contributed by atoms with Crippen LogP contribution in [0.1, 0.15) is 17.7 Å². The maximum absolute atomic E-state index is 12.8. The third-order valence-electron chi connectivity index (χ3n) is 5.56. The molecule has 1 atom stereocenters. The number of nitrogens with zero attached hydrogens (tertiary/aromatic N) is 2. The lowest BCUT2D eigenvalue weighted by Gasteiger charge is -2.41. The molecule has 0 aliphatic carbocycles. The monoisotopic (exact) mass is 352 g/mol. The molecule has 0 saturated carbocycles. The van der Waals surface area contributed by atoms with Gasteiger partial charge >= 0.3 is 0 Å². The second kappa shape index (κ2) is 7.95. The Morgan fingerprint density at radius 1 is 1.29 bits per heavy atom. The van der Waals surface area contributed by atoms with Crippen LogP contribution in [0.5, 0.6) is 0 Å². The summed E-state index contributed by atoms with van der Waals surface area (Å²) in [5.74, 6) is 0.254. The van der Waals surface area contributed by atoms with E-state index in [0.29, 0.717) is 19.8 Å². The zero-order valence-electron chi connectivity index (χ0n) is 14.7. The molecule has 3 heterocycles. The first-order chi connectivity index (χ1) is 11.7. The number of amides is 1. The SMILES string of the molecule is COCCN1CC2(CCN(Cc3cccs3)CC2)C(COC)C1=O. The molecule has 134 valence electrons. The Balaban J connectivity index is 1.64. The first kappa shape index (κ1) is 17.9. The van der Waals surface area contributed by atoms with Gasteiger partial charge in [0.25, 0.3) is 0 Å². The highest BCUT2D eigenvalue weighted by Gasteiger charge is 2.52. The van der Waals surface area contributed by atoms with Gasteiger partial charge in [-0.05, 0) is 37.4 Å². The molecule has 0 bridgehead atoms. The van der Waals surface area contributed by atoms with Crippen molar-refractivity contribution in [2.24, 2.45) is 11.3 Å². The maximum Gasteiger partial charge on any atom is 0.228 e. The van der Waals surface area contributed by atoms with E-state index in [1.807, 2.05) is 16.2 Å². The zero-order chi connectivity index (χ0) is 17.0. The topological polar surface area (TPSA) is 42.0 Å². The lowest BCUT2D eigenvalue weighted by molar-refractivity contribution is -0.134. The number of likely N-dealkylation sites (tertiary alicyclic amines) is 2. The van der Waals surface area contributed by atoms with E-state index >= 15 is 0 Å². The molecule has 1 aromatic rings. The molecule has 1 amide bonds. The second-order valence-corrected chi connectivity index (χ2v) is 8.01. The number of piperidine rings is 1. The summed E-state index contributed by atoms with van der Waals surface area (Å²) in [6.45, 7) is 5.84. The Hall–Kier alpha value is -0.950. The molecule has 1 spiro atoms. The summed E-state index contributed by atoms with van der Waals surface area (Å²) in [6.07, 6.45) is 2.14. The van der Waals surface area contributed by atoms with Gasteiger partial charge in [0.2, 0.25) is 5.91 Å². The number of carbonyl (C=O) groups is 1. The Labute approximate surface area is 148 Å².